The minimum absolute atomic E-state index is 0.0493. The second-order valence-corrected chi connectivity index (χ2v) is 6.34. The summed E-state index contributed by atoms with van der Waals surface area (Å²) in [5.74, 6) is 1.25. The Balaban J connectivity index is 2.11. The zero-order valence-electron chi connectivity index (χ0n) is 13.8. The van der Waals surface area contributed by atoms with E-state index in [1.807, 2.05) is 26.0 Å². The molecule has 2 aromatic rings. The number of hydrogen-bond donors (Lipinski definition) is 1. The van der Waals surface area contributed by atoms with E-state index in [4.69, 9.17) is 10.5 Å². The van der Waals surface area contributed by atoms with Crippen LogP contribution in [0.25, 0.3) is 0 Å². The van der Waals surface area contributed by atoms with Gasteiger partial charge in [-0.3, -0.25) is 9.78 Å². The second-order valence-electron chi connectivity index (χ2n) is 6.34. The lowest BCUT2D eigenvalue weighted by Crippen LogP contribution is -2.39. The lowest BCUT2D eigenvalue weighted by molar-refractivity contribution is 0.0740. The van der Waals surface area contributed by atoms with Crippen molar-refractivity contribution < 1.29 is 9.53 Å². The topological polar surface area (TPSA) is 68.5 Å². The molecule has 0 saturated heterocycles. The number of benzene rings is 1. The molecule has 122 valence electrons. The van der Waals surface area contributed by atoms with Gasteiger partial charge in [0.15, 0.2) is 0 Å². The monoisotopic (exact) mass is 313 g/mol. The Morgan fingerprint density at radius 1 is 1.22 bits per heavy atom. The summed E-state index contributed by atoms with van der Waals surface area (Å²) in [6, 6.07) is 10.7. The van der Waals surface area contributed by atoms with Gasteiger partial charge in [0, 0.05) is 31.5 Å². The second kappa shape index (κ2) is 7.24. The Labute approximate surface area is 137 Å². The Morgan fingerprint density at radius 3 is 2.57 bits per heavy atom. The molecule has 0 saturated carbocycles. The molecule has 0 aliphatic rings. The predicted octanol–water partition coefficient (Wildman–Crippen LogP) is 2.93. The zero-order valence-corrected chi connectivity index (χ0v) is 13.8. The van der Waals surface area contributed by atoms with Crippen LogP contribution in [0.2, 0.25) is 0 Å². The predicted molar refractivity (Wildman–Crippen MR) is 90.5 cm³/mol. The van der Waals surface area contributed by atoms with Crippen molar-refractivity contribution >= 4 is 5.91 Å². The van der Waals surface area contributed by atoms with Crippen LogP contribution in [0.4, 0.5) is 0 Å². The van der Waals surface area contributed by atoms with Gasteiger partial charge in [-0.25, -0.2) is 0 Å². The number of carbonyl (C=O) groups excluding carboxylic acids is 1. The Hall–Kier alpha value is -2.40. The normalized spacial score (nSPS) is 11.1. The van der Waals surface area contributed by atoms with Crippen molar-refractivity contribution in [2.24, 2.45) is 11.1 Å². The third-order valence-electron chi connectivity index (χ3n) is 3.53. The minimum atomic E-state index is -0.116. The van der Waals surface area contributed by atoms with Gasteiger partial charge in [-0.1, -0.05) is 19.9 Å². The van der Waals surface area contributed by atoms with Gasteiger partial charge in [-0.15, -0.1) is 0 Å². The maximum absolute atomic E-state index is 12.6. The van der Waals surface area contributed by atoms with Crippen molar-refractivity contribution in [1.82, 2.24) is 9.88 Å². The highest BCUT2D eigenvalue weighted by Gasteiger charge is 2.22. The number of hydrogen-bond acceptors (Lipinski definition) is 4. The average molecular weight is 313 g/mol. The van der Waals surface area contributed by atoms with Crippen molar-refractivity contribution in [3.8, 4) is 11.5 Å². The molecule has 0 aliphatic carbocycles. The van der Waals surface area contributed by atoms with Crippen LogP contribution in [0.15, 0.2) is 48.8 Å². The molecular weight excluding hydrogens is 290 g/mol. The standard InChI is InChI=1S/C18H23N3O2/c1-18(2,12-19)13-21(3)17(22)14-5-4-6-16(11-14)23-15-7-9-20-10-8-15/h4-11H,12-13,19H2,1-3H3. The van der Waals surface area contributed by atoms with Crippen LogP contribution in [0, 0.1) is 5.41 Å². The Morgan fingerprint density at radius 2 is 1.91 bits per heavy atom. The quantitative estimate of drug-likeness (QED) is 0.890. The molecule has 5 nitrogen and oxygen atoms in total. The SMILES string of the molecule is CN(CC(C)(C)CN)C(=O)c1cccc(Oc2ccncc2)c1. The summed E-state index contributed by atoms with van der Waals surface area (Å²) in [6.07, 6.45) is 3.32. The van der Waals surface area contributed by atoms with Crippen LogP contribution in [0.1, 0.15) is 24.2 Å². The van der Waals surface area contributed by atoms with Gasteiger partial charge >= 0.3 is 0 Å². The van der Waals surface area contributed by atoms with Gasteiger partial charge in [0.2, 0.25) is 0 Å². The van der Waals surface area contributed by atoms with Crippen LogP contribution in [0.3, 0.4) is 0 Å². The smallest absolute Gasteiger partial charge is 0.253 e. The van der Waals surface area contributed by atoms with E-state index in [0.29, 0.717) is 30.2 Å². The first-order valence-electron chi connectivity index (χ1n) is 7.55. The van der Waals surface area contributed by atoms with E-state index in [2.05, 4.69) is 4.98 Å². The molecule has 23 heavy (non-hydrogen) atoms. The number of pyridine rings is 1. The molecule has 0 radical (unpaired) electrons. The maximum Gasteiger partial charge on any atom is 0.253 e. The number of carbonyl (C=O) groups is 1. The molecule has 1 amide bonds. The molecule has 0 fully saturated rings. The van der Waals surface area contributed by atoms with Crippen molar-refractivity contribution in [3.63, 3.8) is 0 Å². The number of rotatable bonds is 6. The van der Waals surface area contributed by atoms with Gasteiger partial charge < -0.3 is 15.4 Å². The van der Waals surface area contributed by atoms with E-state index in [1.54, 1.807) is 48.6 Å². The third kappa shape index (κ3) is 4.79. The van der Waals surface area contributed by atoms with Crippen LogP contribution >= 0.6 is 0 Å². The van der Waals surface area contributed by atoms with E-state index >= 15 is 0 Å². The number of nitrogens with zero attached hydrogens (tertiary/aromatic N) is 2. The fourth-order valence-corrected chi connectivity index (χ4v) is 2.23. The first kappa shape index (κ1) is 17.0. The Kier molecular flexibility index (Phi) is 5.34. The molecule has 0 bridgehead atoms. The first-order chi connectivity index (χ1) is 10.9. The zero-order chi connectivity index (χ0) is 16.9. The van der Waals surface area contributed by atoms with Crippen LogP contribution in [0.5, 0.6) is 11.5 Å². The molecule has 2 N–H and O–H groups in total. The molecule has 0 unspecified atom stereocenters. The van der Waals surface area contributed by atoms with Crippen molar-refractivity contribution in [2.45, 2.75) is 13.8 Å². The highest BCUT2D eigenvalue weighted by molar-refractivity contribution is 5.94. The van der Waals surface area contributed by atoms with Gasteiger partial charge in [-0.2, -0.15) is 0 Å². The van der Waals surface area contributed by atoms with Crippen LogP contribution in [-0.2, 0) is 0 Å². The Bertz CT molecular complexity index is 656. The van der Waals surface area contributed by atoms with E-state index < -0.39 is 0 Å². The van der Waals surface area contributed by atoms with Crippen LogP contribution < -0.4 is 10.5 Å². The molecule has 0 atom stereocenters. The maximum atomic E-state index is 12.6. The lowest BCUT2D eigenvalue weighted by atomic mass is 9.93. The molecule has 0 spiro atoms. The van der Waals surface area contributed by atoms with E-state index in [1.165, 1.54) is 0 Å². The molecule has 5 heteroatoms. The van der Waals surface area contributed by atoms with Gasteiger partial charge in [-0.05, 0) is 42.3 Å². The summed E-state index contributed by atoms with van der Waals surface area (Å²) in [7, 11) is 1.79. The summed E-state index contributed by atoms with van der Waals surface area (Å²) >= 11 is 0. The summed E-state index contributed by atoms with van der Waals surface area (Å²) in [5, 5.41) is 0. The minimum Gasteiger partial charge on any atom is -0.457 e. The number of aromatic nitrogens is 1. The number of ether oxygens (including phenoxy) is 1. The van der Waals surface area contributed by atoms with Crippen molar-refractivity contribution in [2.75, 3.05) is 20.1 Å². The van der Waals surface area contributed by atoms with Crippen molar-refractivity contribution in [3.05, 3.63) is 54.4 Å². The first-order valence-corrected chi connectivity index (χ1v) is 7.55. The summed E-state index contributed by atoms with van der Waals surface area (Å²) < 4.78 is 5.74. The molecule has 0 aliphatic heterocycles. The molecule has 1 aromatic heterocycles. The van der Waals surface area contributed by atoms with Crippen LogP contribution in [-0.4, -0.2) is 35.9 Å². The summed E-state index contributed by atoms with van der Waals surface area (Å²) in [5.41, 5.74) is 6.21. The molecule has 1 heterocycles. The highest BCUT2D eigenvalue weighted by atomic mass is 16.5. The molecule has 1 aromatic carbocycles. The number of amides is 1. The molecule has 2 rings (SSSR count). The fourth-order valence-electron chi connectivity index (χ4n) is 2.23. The van der Waals surface area contributed by atoms with Gasteiger partial charge in [0.05, 0.1) is 0 Å². The third-order valence-corrected chi connectivity index (χ3v) is 3.53. The molecular formula is C18H23N3O2. The van der Waals surface area contributed by atoms with Gasteiger partial charge in [0.25, 0.3) is 5.91 Å². The average Bonchev–Trinajstić information content (AvgIpc) is 2.55. The summed E-state index contributed by atoms with van der Waals surface area (Å²) in [4.78, 5) is 18.2. The number of nitrogens with two attached hydrogens (primary N) is 1. The highest BCUT2D eigenvalue weighted by Crippen LogP contribution is 2.22. The largest absolute Gasteiger partial charge is 0.457 e. The summed E-state index contributed by atoms with van der Waals surface area (Å²) in [6.45, 7) is 5.20. The fraction of sp³-hybridized carbons (Fsp3) is 0.333. The van der Waals surface area contributed by atoms with E-state index in [9.17, 15) is 4.79 Å². The lowest BCUT2D eigenvalue weighted by Gasteiger charge is -2.29. The van der Waals surface area contributed by atoms with Gasteiger partial charge in [0.1, 0.15) is 11.5 Å². The van der Waals surface area contributed by atoms with E-state index in [-0.39, 0.29) is 11.3 Å². The van der Waals surface area contributed by atoms with Crippen molar-refractivity contribution in [1.29, 1.82) is 0 Å². The van der Waals surface area contributed by atoms with E-state index in [0.717, 1.165) is 0 Å².